The van der Waals surface area contributed by atoms with Crippen molar-refractivity contribution < 1.29 is 9.59 Å². The standard InChI is InChI=1S/C23H23N3O2S/c1-3-20(23(28)26-21-13-6-7-14-24-21)29-18-11-8-10-17(15-18)25-22(27)19-12-5-4-9-16(19)2/h4-15,20H,3H2,1-2H3,(H,25,27)(H,24,26,28). The highest BCUT2D eigenvalue weighted by atomic mass is 32.2. The third kappa shape index (κ3) is 5.68. The highest BCUT2D eigenvalue weighted by Crippen LogP contribution is 2.28. The van der Waals surface area contributed by atoms with Crippen molar-refractivity contribution in [3.63, 3.8) is 0 Å². The van der Waals surface area contributed by atoms with Gasteiger partial charge in [-0.05, 0) is 55.3 Å². The molecular formula is C23H23N3O2S. The van der Waals surface area contributed by atoms with Gasteiger partial charge in [0.1, 0.15) is 5.82 Å². The lowest BCUT2D eigenvalue weighted by molar-refractivity contribution is -0.115. The Labute approximate surface area is 175 Å². The van der Waals surface area contributed by atoms with Crippen LogP contribution in [0.1, 0.15) is 29.3 Å². The van der Waals surface area contributed by atoms with E-state index in [4.69, 9.17) is 0 Å². The fourth-order valence-electron chi connectivity index (χ4n) is 2.80. The molecule has 3 aromatic rings. The maximum Gasteiger partial charge on any atom is 0.255 e. The number of benzene rings is 2. The second kappa shape index (κ2) is 9.89. The molecular weight excluding hydrogens is 382 g/mol. The van der Waals surface area contributed by atoms with Crippen molar-refractivity contribution in [1.82, 2.24) is 4.98 Å². The van der Waals surface area contributed by atoms with Gasteiger partial charge in [-0.1, -0.05) is 37.3 Å². The molecule has 0 saturated heterocycles. The van der Waals surface area contributed by atoms with Crippen LogP contribution in [0.2, 0.25) is 0 Å². The van der Waals surface area contributed by atoms with E-state index in [1.807, 2.05) is 62.4 Å². The molecule has 0 saturated carbocycles. The molecule has 0 bridgehead atoms. The number of carbonyl (C=O) groups is 2. The van der Waals surface area contributed by atoms with E-state index in [1.54, 1.807) is 24.4 Å². The summed E-state index contributed by atoms with van der Waals surface area (Å²) in [5.74, 6) is 0.298. The second-order valence-electron chi connectivity index (χ2n) is 6.52. The lowest BCUT2D eigenvalue weighted by Gasteiger charge is -2.15. The molecule has 5 nitrogen and oxygen atoms in total. The molecule has 1 atom stereocenters. The highest BCUT2D eigenvalue weighted by Gasteiger charge is 2.19. The van der Waals surface area contributed by atoms with Crippen molar-refractivity contribution in [2.45, 2.75) is 30.4 Å². The van der Waals surface area contributed by atoms with E-state index >= 15 is 0 Å². The van der Waals surface area contributed by atoms with Crippen LogP contribution in [-0.4, -0.2) is 22.0 Å². The minimum atomic E-state index is -0.265. The third-order valence-electron chi connectivity index (χ3n) is 4.34. The van der Waals surface area contributed by atoms with E-state index in [1.165, 1.54) is 11.8 Å². The second-order valence-corrected chi connectivity index (χ2v) is 7.79. The van der Waals surface area contributed by atoms with Crippen LogP contribution in [0, 0.1) is 6.92 Å². The average molecular weight is 406 g/mol. The van der Waals surface area contributed by atoms with Gasteiger partial charge in [-0.25, -0.2) is 4.98 Å². The number of aryl methyl sites for hydroxylation is 1. The van der Waals surface area contributed by atoms with Crippen LogP contribution < -0.4 is 10.6 Å². The Bertz CT molecular complexity index is 992. The van der Waals surface area contributed by atoms with Crippen LogP contribution in [0.5, 0.6) is 0 Å². The van der Waals surface area contributed by atoms with Gasteiger partial charge in [-0.3, -0.25) is 9.59 Å². The molecule has 0 fully saturated rings. The Morgan fingerprint density at radius 3 is 2.52 bits per heavy atom. The number of hydrogen-bond donors (Lipinski definition) is 2. The summed E-state index contributed by atoms with van der Waals surface area (Å²) in [6.45, 7) is 3.88. The average Bonchev–Trinajstić information content (AvgIpc) is 2.73. The van der Waals surface area contributed by atoms with Crippen molar-refractivity contribution in [3.05, 3.63) is 84.1 Å². The van der Waals surface area contributed by atoms with Gasteiger partial charge in [-0.15, -0.1) is 11.8 Å². The highest BCUT2D eigenvalue weighted by molar-refractivity contribution is 8.00. The molecule has 2 aromatic carbocycles. The van der Waals surface area contributed by atoms with Crippen molar-refractivity contribution in [1.29, 1.82) is 0 Å². The summed E-state index contributed by atoms with van der Waals surface area (Å²) in [6.07, 6.45) is 2.31. The number of amides is 2. The Hall–Kier alpha value is -3.12. The fraction of sp³-hybridized carbons (Fsp3) is 0.174. The van der Waals surface area contributed by atoms with Crippen LogP contribution >= 0.6 is 11.8 Å². The first-order valence-electron chi connectivity index (χ1n) is 9.42. The van der Waals surface area contributed by atoms with Gasteiger partial charge in [0.2, 0.25) is 5.91 Å². The van der Waals surface area contributed by atoms with Gasteiger partial charge in [0.15, 0.2) is 0 Å². The zero-order valence-corrected chi connectivity index (χ0v) is 17.2. The summed E-state index contributed by atoms with van der Waals surface area (Å²) >= 11 is 1.47. The minimum absolute atomic E-state index is 0.0921. The van der Waals surface area contributed by atoms with Crippen molar-refractivity contribution in [2.75, 3.05) is 10.6 Å². The number of rotatable bonds is 7. The van der Waals surface area contributed by atoms with Gasteiger partial charge >= 0.3 is 0 Å². The molecule has 1 unspecified atom stereocenters. The Morgan fingerprint density at radius 1 is 1.00 bits per heavy atom. The monoisotopic (exact) mass is 405 g/mol. The Balaban J connectivity index is 1.67. The van der Waals surface area contributed by atoms with Crippen LogP contribution in [0.4, 0.5) is 11.5 Å². The zero-order valence-electron chi connectivity index (χ0n) is 16.4. The summed E-state index contributed by atoms with van der Waals surface area (Å²) in [5, 5.41) is 5.52. The number of hydrogen-bond acceptors (Lipinski definition) is 4. The quantitative estimate of drug-likeness (QED) is 0.533. The summed E-state index contributed by atoms with van der Waals surface area (Å²) < 4.78 is 0. The van der Waals surface area contributed by atoms with Crippen LogP contribution in [0.3, 0.4) is 0 Å². The van der Waals surface area contributed by atoms with Gasteiger partial charge in [0, 0.05) is 22.3 Å². The molecule has 0 radical (unpaired) electrons. The lowest BCUT2D eigenvalue weighted by atomic mass is 10.1. The van der Waals surface area contributed by atoms with Gasteiger partial charge in [0.05, 0.1) is 5.25 Å². The normalized spacial score (nSPS) is 11.5. The molecule has 0 aliphatic carbocycles. The molecule has 1 aromatic heterocycles. The number of carbonyl (C=O) groups excluding carboxylic acids is 2. The first-order chi connectivity index (χ1) is 14.1. The van der Waals surface area contributed by atoms with Crippen LogP contribution in [0.15, 0.2) is 77.8 Å². The van der Waals surface area contributed by atoms with Crippen molar-refractivity contribution in [2.24, 2.45) is 0 Å². The predicted molar refractivity (Wildman–Crippen MR) is 118 cm³/mol. The molecule has 148 valence electrons. The summed E-state index contributed by atoms with van der Waals surface area (Å²) in [7, 11) is 0. The molecule has 0 aliphatic rings. The topological polar surface area (TPSA) is 71.1 Å². The maximum absolute atomic E-state index is 12.6. The van der Waals surface area contributed by atoms with E-state index in [0.29, 0.717) is 23.5 Å². The van der Waals surface area contributed by atoms with Crippen molar-refractivity contribution in [3.8, 4) is 0 Å². The Morgan fingerprint density at radius 2 is 1.79 bits per heavy atom. The van der Waals surface area contributed by atoms with E-state index < -0.39 is 0 Å². The third-order valence-corrected chi connectivity index (χ3v) is 5.70. The molecule has 3 rings (SSSR count). The van der Waals surface area contributed by atoms with Crippen LogP contribution in [0.25, 0.3) is 0 Å². The van der Waals surface area contributed by atoms with Gasteiger partial charge in [-0.2, -0.15) is 0 Å². The molecule has 29 heavy (non-hydrogen) atoms. The number of nitrogens with zero attached hydrogens (tertiary/aromatic N) is 1. The Kier molecular flexibility index (Phi) is 7.03. The lowest BCUT2D eigenvalue weighted by Crippen LogP contribution is -2.25. The molecule has 0 spiro atoms. The molecule has 0 aliphatic heterocycles. The molecule has 1 heterocycles. The van der Waals surface area contributed by atoms with Crippen LogP contribution in [-0.2, 0) is 4.79 Å². The first-order valence-corrected chi connectivity index (χ1v) is 10.3. The molecule has 6 heteroatoms. The van der Waals surface area contributed by atoms with E-state index in [0.717, 1.165) is 10.5 Å². The van der Waals surface area contributed by atoms with Crippen molar-refractivity contribution >= 4 is 35.1 Å². The summed E-state index contributed by atoms with van der Waals surface area (Å²) in [5.41, 5.74) is 2.27. The number of aromatic nitrogens is 1. The molecule has 2 amide bonds. The van der Waals surface area contributed by atoms with E-state index in [-0.39, 0.29) is 17.1 Å². The number of thioether (sulfide) groups is 1. The summed E-state index contributed by atoms with van der Waals surface area (Å²) in [4.78, 5) is 30.2. The van der Waals surface area contributed by atoms with E-state index in [2.05, 4.69) is 15.6 Å². The summed E-state index contributed by atoms with van der Waals surface area (Å²) in [6, 6.07) is 20.4. The van der Waals surface area contributed by atoms with Gasteiger partial charge < -0.3 is 10.6 Å². The minimum Gasteiger partial charge on any atom is -0.322 e. The van der Waals surface area contributed by atoms with E-state index in [9.17, 15) is 9.59 Å². The maximum atomic E-state index is 12.6. The number of anilines is 2. The van der Waals surface area contributed by atoms with Gasteiger partial charge in [0.25, 0.3) is 5.91 Å². The predicted octanol–water partition coefficient (Wildman–Crippen LogP) is 5.15. The smallest absolute Gasteiger partial charge is 0.255 e. The number of pyridine rings is 1. The largest absolute Gasteiger partial charge is 0.322 e. The fourth-order valence-corrected chi connectivity index (χ4v) is 3.82. The zero-order chi connectivity index (χ0) is 20.6. The first kappa shape index (κ1) is 20.6. The SMILES string of the molecule is CCC(Sc1cccc(NC(=O)c2ccccc2C)c1)C(=O)Nc1ccccn1. The molecule has 2 N–H and O–H groups in total. The number of nitrogens with one attached hydrogen (secondary N) is 2.